The van der Waals surface area contributed by atoms with Crippen molar-refractivity contribution >= 4 is 11.7 Å². The number of ether oxygens (including phenoxy) is 1. The Morgan fingerprint density at radius 2 is 2.16 bits per heavy atom. The van der Waals surface area contributed by atoms with E-state index in [-0.39, 0.29) is 12.1 Å². The first-order valence-electron chi connectivity index (χ1n) is 9.38. The molecule has 3 heterocycles. The molecule has 0 spiro atoms. The molecule has 1 aromatic rings. The van der Waals surface area contributed by atoms with Gasteiger partial charge >= 0.3 is 6.03 Å². The molecule has 0 aliphatic carbocycles. The van der Waals surface area contributed by atoms with E-state index in [1.165, 1.54) is 30.6 Å². The molecule has 2 fully saturated rings. The molecule has 0 radical (unpaired) electrons. The summed E-state index contributed by atoms with van der Waals surface area (Å²) in [7, 11) is 2.09. The molecule has 0 aromatic heterocycles. The second kappa shape index (κ2) is 7.22. The lowest BCUT2D eigenvalue weighted by molar-refractivity contribution is -0.0461. The van der Waals surface area contributed by atoms with E-state index >= 15 is 0 Å². The van der Waals surface area contributed by atoms with Crippen molar-refractivity contribution in [1.29, 1.82) is 0 Å². The van der Waals surface area contributed by atoms with Gasteiger partial charge in [0.05, 0.1) is 12.7 Å². The average molecular weight is 344 g/mol. The van der Waals surface area contributed by atoms with E-state index in [4.69, 9.17) is 4.74 Å². The van der Waals surface area contributed by atoms with Crippen molar-refractivity contribution in [1.82, 2.24) is 15.1 Å². The normalized spacial score (nSPS) is 26.8. The third-order valence-corrected chi connectivity index (χ3v) is 5.70. The zero-order valence-electron chi connectivity index (χ0n) is 15.0. The molecule has 3 aliphatic heterocycles. The van der Waals surface area contributed by atoms with Crippen LogP contribution in [0.2, 0.25) is 0 Å². The summed E-state index contributed by atoms with van der Waals surface area (Å²) in [4.78, 5) is 19.3. The van der Waals surface area contributed by atoms with Crippen LogP contribution in [0, 0.1) is 0 Å². The smallest absolute Gasteiger partial charge is 0.317 e. The molecule has 136 valence electrons. The number of hydrogen-bond acceptors (Lipinski definition) is 4. The number of morpholine rings is 1. The molecule has 1 aromatic carbocycles. The lowest BCUT2D eigenvalue weighted by Gasteiger charge is -2.35. The second-order valence-corrected chi connectivity index (χ2v) is 7.40. The van der Waals surface area contributed by atoms with Gasteiger partial charge in [-0.15, -0.1) is 0 Å². The number of likely N-dealkylation sites (N-methyl/N-ethyl adjacent to an activating group) is 1. The Bertz CT molecular complexity index is 623. The fourth-order valence-electron chi connectivity index (χ4n) is 4.19. The van der Waals surface area contributed by atoms with Gasteiger partial charge in [0, 0.05) is 51.5 Å². The molecule has 0 unspecified atom stereocenters. The lowest BCUT2D eigenvalue weighted by atomic mass is 10.1. The van der Waals surface area contributed by atoms with Crippen molar-refractivity contribution in [2.24, 2.45) is 0 Å². The number of carbonyl (C=O) groups excluding carboxylic acids is 1. The lowest BCUT2D eigenvalue weighted by Crippen LogP contribution is -2.51. The Labute approximate surface area is 149 Å². The van der Waals surface area contributed by atoms with E-state index in [0.29, 0.717) is 19.1 Å². The van der Waals surface area contributed by atoms with Gasteiger partial charge in [0.1, 0.15) is 0 Å². The maximum absolute atomic E-state index is 12.7. The predicted molar refractivity (Wildman–Crippen MR) is 97.9 cm³/mol. The van der Waals surface area contributed by atoms with Gasteiger partial charge in [0.15, 0.2) is 0 Å². The maximum atomic E-state index is 12.7. The highest BCUT2D eigenvalue weighted by molar-refractivity contribution is 5.75. The van der Waals surface area contributed by atoms with Crippen molar-refractivity contribution in [2.45, 2.75) is 31.5 Å². The molecule has 3 aliphatic rings. The van der Waals surface area contributed by atoms with Gasteiger partial charge in [-0.2, -0.15) is 0 Å². The van der Waals surface area contributed by atoms with E-state index in [0.717, 1.165) is 26.2 Å². The average Bonchev–Trinajstić information content (AvgIpc) is 3.04. The van der Waals surface area contributed by atoms with Gasteiger partial charge in [-0.3, -0.25) is 4.90 Å². The minimum atomic E-state index is 0.0113. The first kappa shape index (κ1) is 16.7. The second-order valence-electron chi connectivity index (χ2n) is 7.40. The SMILES string of the molecule is CN1CCN(C(=O)NC[C@H]2CN3CCC[C@@H]3CO2)Cc2ccccc21. The number of para-hydroxylation sites is 1. The van der Waals surface area contributed by atoms with Crippen molar-refractivity contribution in [3.63, 3.8) is 0 Å². The minimum Gasteiger partial charge on any atom is -0.373 e. The Morgan fingerprint density at radius 1 is 1.28 bits per heavy atom. The summed E-state index contributed by atoms with van der Waals surface area (Å²) in [6.07, 6.45) is 2.63. The van der Waals surface area contributed by atoms with Crippen LogP contribution in [0.15, 0.2) is 24.3 Å². The third-order valence-electron chi connectivity index (χ3n) is 5.70. The number of nitrogens with zero attached hydrogens (tertiary/aromatic N) is 3. The van der Waals surface area contributed by atoms with Gasteiger partial charge < -0.3 is 19.9 Å². The van der Waals surface area contributed by atoms with Crippen LogP contribution in [0.1, 0.15) is 18.4 Å². The Kier molecular flexibility index (Phi) is 4.81. The van der Waals surface area contributed by atoms with E-state index in [1.54, 1.807) is 0 Å². The fraction of sp³-hybridized carbons (Fsp3) is 0.632. The van der Waals surface area contributed by atoms with Gasteiger partial charge in [-0.05, 0) is 31.0 Å². The molecule has 25 heavy (non-hydrogen) atoms. The van der Waals surface area contributed by atoms with Crippen molar-refractivity contribution < 1.29 is 9.53 Å². The van der Waals surface area contributed by atoms with Gasteiger partial charge in [0.2, 0.25) is 0 Å². The number of hydrogen-bond donors (Lipinski definition) is 1. The highest BCUT2D eigenvalue weighted by Crippen LogP contribution is 2.24. The monoisotopic (exact) mass is 344 g/mol. The Balaban J connectivity index is 1.32. The van der Waals surface area contributed by atoms with Crippen LogP contribution in [-0.2, 0) is 11.3 Å². The van der Waals surface area contributed by atoms with Gasteiger partial charge in [-0.25, -0.2) is 4.79 Å². The number of nitrogens with one attached hydrogen (secondary N) is 1. The summed E-state index contributed by atoms with van der Waals surface area (Å²) in [5.41, 5.74) is 2.42. The summed E-state index contributed by atoms with van der Waals surface area (Å²) in [6.45, 7) is 5.76. The molecular formula is C19H28N4O2. The first-order valence-corrected chi connectivity index (χ1v) is 9.38. The number of anilines is 1. The van der Waals surface area contributed by atoms with Crippen LogP contribution >= 0.6 is 0 Å². The Hall–Kier alpha value is -1.79. The van der Waals surface area contributed by atoms with Crippen LogP contribution in [0.25, 0.3) is 0 Å². The van der Waals surface area contributed by atoms with Crippen LogP contribution in [0.3, 0.4) is 0 Å². The fourth-order valence-corrected chi connectivity index (χ4v) is 4.19. The third kappa shape index (κ3) is 3.60. The van der Waals surface area contributed by atoms with Crippen molar-refractivity contribution in [3.8, 4) is 0 Å². The highest BCUT2D eigenvalue weighted by atomic mass is 16.5. The molecule has 1 N–H and O–H groups in total. The van der Waals surface area contributed by atoms with Crippen molar-refractivity contribution in [2.75, 3.05) is 51.3 Å². The summed E-state index contributed by atoms with van der Waals surface area (Å²) in [6, 6.07) is 8.93. The highest BCUT2D eigenvalue weighted by Gasteiger charge is 2.32. The zero-order valence-corrected chi connectivity index (χ0v) is 15.0. The zero-order chi connectivity index (χ0) is 17.2. The Morgan fingerprint density at radius 3 is 3.08 bits per heavy atom. The van der Waals surface area contributed by atoms with Crippen LogP contribution < -0.4 is 10.2 Å². The largest absolute Gasteiger partial charge is 0.373 e. The van der Waals surface area contributed by atoms with E-state index in [9.17, 15) is 4.79 Å². The summed E-state index contributed by atoms with van der Waals surface area (Å²) >= 11 is 0. The van der Waals surface area contributed by atoms with E-state index < -0.39 is 0 Å². The van der Waals surface area contributed by atoms with E-state index in [2.05, 4.69) is 40.4 Å². The van der Waals surface area contributed by atoms with Crippen LogP contribution in [0.5, 0.6) is 0 Å². The standard InChI is InChI=1S/C19H28N4O2/c1-21-9-10-23(12-15-5-2-3-7-18(15)21)19(24)20-11-17-13-22-8-4-6-16(22)14-25-17/h2-3,5,7,16-17H,4,6,8-14H2,1H3,(H,20,24)/t16-,17+/m1/s1. The molecule has 2 amide bonds. The molecule has 4 rings (SSSR count). The van der Waals surface area contributed by atoms with Crippen LogP contribution in [-0.4, -0.2) is 74.4 Å². The molecular weight excluding hydrogens is 316 g/mol. The quantitative estimate of drug-likeness (QED) is 0.884. The maximum Gasteiger partial charge on any atom is 0.317 e. The first-order chi connectivity index (χ1) is 12.2. The summed E-state index contributed by atoms with van der Waals surface area (Å²) in [5.74, 6) is 0. The minimum absolute atomic E-state index is 0.0113. The van der Waals surface area contributed by atoms with Gasteiger partial charge in [0.25, 0.3) is 0 Å². The summed E-state index contributed by atoms with van der Waals surface area (Å²) in [5, 5.41) is 3.09. The number of fused-ring (bicyclic) bond motifs is 2. The molecule has 6 nitrogen and oxygen atoms in total. The summed E-state index contributed by atoms with van der Waals surface area (Å²) < 4.78 is 5.94. The van der Waals surface area contributed by atoms with Gasteiger partial charge in [-0.1, -0.05) is 18.2 Å². The number of carbonyl (C=O) groups is 1. The molecule has 2 saturated heterocycles. The molecule has 2 atom stereocenters. The number of benzene rings is 1. The molecule has 0 bridgehead atoms. The topological polar surface area (TPSA) is 48.0 Å². The molecule has 6 heteroatoms. The number of urea groups is 1. The van der Waals surface area contributed by atoms with Crippen molar-refractivity contribution in [3.05, 3.63) is 29.8 Å². The van der Waals surface area contributed by atoms with Crippen LogP contribution in [0.4, 0.5) is 10.5 Å². The number of rotatable bonds is 2. The predicted octanol–water partition coefficient (Wildman–Crippen LogP) is 1.51. The molecule has 0 saturated carbocycles. The number of amides is 2. The van der Waals surface area contributed by atoms with E-state index in [1.807, 2.05) is 11.0 Å².